The Kier molecular flexibility index (Phi) is 4.57. The molecule has 1 aliphatic heterocycles. The maximum atomic E-state index is 12.9. The fraction of sp³-hybridized carbons (Fsp3) is 0.300. The molecular formula is C20H21N3O3S. The molecule has 0 bridgehead atoms. The highest BCUT2D eigenvalue weighted by molar-refractivity contribution is 7.97. The van der Waals surface area contributed by atoms with Crippen LogP contribution in [0.3, 0.4) is 0 Å². The molecule has 0 N–H and O–H groups in total. The SMILES string of the molecule is C[S+](=O)([O-])c1ccc(-c2cc(C(=O)N3CCCCC3)nn3cccc23)cc1. The van der Waals surface area contributed by atoms with Gasteiger partial charge in [0.25, 0.3) is 5.91 Å². The molecule has 7 heteroatoms. The fourth-order valence-corrected chi connectivity index (χ4v) is 4.14. The Balaban J connectivity index is 1.77. The average Bonchev–Trinajstić information content (AvgIpc) is 3.15. The van der Waals surface area contributed by atoms with Gasteiger partial charge in [-0.3, -0.25) is 4.79 Å². The Morgan fingerprint density at radius 3 is 2.48 bits per heavy atom. The molecule has 3 aromatic rings. The highest BCUT2D eigenvalue weighted by Crippen LogP contribution is 2.28. The Morgan fingerprint density at radius 1 is 1.11 bits per heavy atom. The smallest absolute Gasteiger partial charge is 0.274 e. The van der Waals surface area contributed by atoms with Gasteiger partial charge in [-0.15, -0.1) is 4.21 Å². The van der Waals surface area contributed by atoms with Crippen molar-refractivity contribution >= 4 is 21.6 Å². The monoisotopic (exact) mass is 383 g/mol. The van der Waals surface area contributed by atoms with Crippen LogP contribution in [0.15, 0.2) is 53.6 Å². The molecule has 1 saturated heterocycles. The molecule has 4 rings (SSSR count). The summed E-state index contributed by atoms with van der Waals surface area (Å²) in [6, 6.07) is 12.4. The molecule has 1 atom stereocenters. The van der Waals surface area contributed by atoms with Crippen LogP contribution in [-0.2, 0) is 14.4 Å². The molecule has 2 aromatic heterocycles. The summed E-state index contributed by atoms with van der Waals surface area (Å²) >= 11 is 0. The third-order valence-electron chi connectivity index (χ3n) is 4.96. The van der Waals surface area contributed by atoms with E-state index in [-0.39, 0.29) is 10.8 Å². The molecule has 6 nitrogen and oxygen atoms in total. The van der Waals surface area contributed by atoms with E-state index >= 15 is 0 Å². The average molecular weight is 383 g/mol. The third-order valence-corrected chi connectivity index (χ3v) is 6.09. The molecule has 1 aromatic carbocycles. The van der Waals surface area contributed by atoms with Crippen molar-refractivity contribution in [1.82, 2.24) is 14.5 Å². The molecule has 27 heavy (non-hydrogen) atoms. The quantitative estimate of drug-likeness (QED) is 0.651. The van der Waals surface area contributed by atoms with Crippen LogP contribution in [0, 0.1) is 0 Å². The van der Waals surface area contributed by atoms with Crippen LogP contribution in [0.25, 0.3) is 16.6 Å². The van der Waals surface area contributed by atoms with E-state index in [1.807, 2.05) is 29.3 Å². The number of likely N-dealkylation sites (tertiary alicyclic amines) is 1. The van der Waals surface area contributed by atoms with E-state index in [0.29, 0.717) is 5.69 Å². The Bertz CT molecular complexity index is 1030. The maximum absolute atomic E-state index is 12.9. The summed E-state index contributed by atoms with van der Waals surface area (Å²) in [4.78, 5) is 15.0. The third kappa shape index (κ3) is 3.52. The van der Waals surface area contributed by atoms with E-state index in [2.05, 4.69) is 5.10 Å². The van der Waals surface area contributed by atoms with Gasteiger partial charge in [0.15, 0.2) is 4.90 Å². The lowest BCUT2D eigenvalue weighted by Crippen LogP contribution is -2.36. The van der Waals surface area contributed by atoms with E-state index < -0.39 is 10.2 Å². The first-order valence-corrected chi connectivity index (χ1v) is 10.9. The van der Waals surface area contributed by atoms with Crippen molar-refractivity contribution in [3.63, 3.8) is 0 Å². The molecule has 1 aliphatic rings. The van der Waals surface area contributed by atoms with Gasteiger partial charge in [-0.25, -0.2) is 4.52 Å². The molecule has 3 heterocycles. The lowest BCUT2D eigenvalue weighted by atomic mass is 10.0. The van der Waals surface area contributed by atoms with Crippen molar-refractivity contribution in [3.8, 4) is 11.1 Å². The van der Waals surface area contributed by atoms with Crippen LogP contribution in [0.5, 0.6) is 0 Å². The lowest BCUT2D eigenvalue weighted by molar-refractivity contribution is 0.0717. The standard InChI is InChI=1S/C20H21N3O3S/c1-27(25,26)16-9-7-15(8-10-16)17-14-18(21-23-13-5-6-19(17)23)20(24)22-11-3-2-4-12-22/h5-10,13-14H,2-4,11-12H2,1H3. The van der Waals surface area contributed by atoms with E-state index in [1.165, 1.54) is 6.26 Å². The summed E-state index contributed by atoms with van der Waals surface area (Å²) in [5.74, 6) is -0.0562. The number of hydrogen-bond donors (Lipinski definition) is 0. The molecular weight excluding hydrogens is 362 g/mol. The second-order valence-electron chi connectivity index (χ2n) is 6.93. The van der Waals surface area contributed by atoms with Gasteiger partial charge in [0.1, 0.15) is 11.9 Å². The molecule has 0 spiro atoms. The summed E-state index contributed by atoms with van der Waals surface area (Å²) < 4.78 is 25.1. The number of piperidine rings is 1. The second kappa shape index (κ2) is 6.90. The predicted octanol–water partition coefficient (Wildman–Crippen LogP) is 3.25. The van der Waals surface area contributed by atoms with Gasteiger partial charge in [0.2, 0.25) is 0 Å². The minimum absolute atomic E-state index is 0.0562. The molecule has 1 amide bonds. The zero-order valence-electron chi connectivity index (χ0n) is 15.1. The van der Waals surface area contributed by atoms with Gasteiger partial charge >= 0.3 is 0 Å². The first-order chi connectivity index (χ1) is 12.9. The number of aromatic nitrogens is 2. The summed E-state index contributed by atoms with van der Waals surface area (Å²) in [5.41, 5.74) is 2.98. The Hall–Kier alpha value is -2.51. The lowest BCUT2D eigenvalue weighted by Gasteiger charge is -2.26. The minimum Gasteiger partial charge on any atom is -0.610 e. The van der Waals surface area contributed by atoms with Crippen LogP contribution in [0.1, 0.15) is 29.8 Å². The number of carbonyl (C=O) groups is 1. The highest BCUT2D eigenvalue weighted by atomic mass is 32.3. The molecule has 1 unspecified atom stereocenters. The Labute approximate surface area is 159 Å². The minimum atomic E-state index is -3.25. The number of amides is 1. The summed E-state index contributed by atoms with van der Waals surface area (Å²) in [6.07, 6.45) is 6.21. The highest BCUT2D eigenvalue weighted by Gasteiger charge is 2.21. The molecule has 140 valence electrons. The van der Waals surface area contributed by atoms with Gasteiger partial charge in [0.05, 0.1) is 15.7 Å². The fourth-order valence-electron chi connectivity index (χ4n) is 3.50. The van der Waals surface area contributed by atoms with Crippen LogP contribution < -0.4 is 0 Å². The van der Waals surface area contributed by atoms with E-state index in [4.69, 9.17) is 0 Å². The van der Waals surface area contributed by atoms with E-state index in [9.17, 15) is 13.6 Å². The number of rotatable bonds is 3. The van der Waals surface area contributed by atoms with E-state index in [1.54, 1.807) is 28.8 Å². The van der Waals surface area contributed by atoms with Gasteiger partial charge in [-0.1, -0.05) is 0 Å². The molecule has 0 aliphatic carbocycles. The number of carbonyl (C=O) groups excluding carboxylic acids is 1. The number of sulfone groups is 1. The normalized spacial score (nSPS) is 17.0. The number of nitrogens with zero attached hydrogens (tertiary/aromatic N) is 3. The molecule has 1 fully saturated rings. The molecule has 0 saturated carbocycles. The largest absolute Gasteiger partial charge is 0.610 e. The van der Waals surface area contributed by atoms with Gasteiger partial charge < -0.3 is 9.45 Å². The van der Waals surface area contributed by atoms with Crippen molar-refractivity contribution in [1.29, 1.82) is 0 Å². The van der Waals surface area contributed by atoms with Crippen LogP contribution in [0.4, 0.5) is 0 Å². The second-order valence-corrected chi connectivity index (χ2v) is 8.95. The van der Waals surface area contributed by atoms with Crippen LogP contribution >= 0.6 is 0 Å². The van der Waals surface area contributed by atoms with Crippen LogP contribution in [-0.4, -0.2) is 44.3 Å². The summed E-state index contributed by atoms with van der Waals surface area (Å²) in [6.45, 7) is 1.53. The maximum Gasteiger partial charge on any atom is 0.274 e. The van der Waals surface area contributed by atoms with Crippen LogP contribution in [0.2, 0.25) is 0 Å². The summed E-state index contributed by atoms with van der Waals surface area (Å²) in [7, 11) is -3.25. The van der Waals surface area contributed by atoms with Gasteiger partial charge in [0, 0.05) is 24.8 Å². The van der Waals surface area contributed by atoms with Gasteiger partial charge in [-0.05, 0) is 67.3 Å². The number of hydrogen-bond acceptors (Lipinski definition) is 4. The van der Waals surface area contributed by atoms with Gasteiger partial charge in [-0.2, -0.15) is 5.10 Å². The topological polar surface area (TPSA) is 77.7 Å². The van der Waals surface area contributed by atoms with Crippen molar-refractivity contribution < 1.29 is 13.6 Å². The first kappa shape index (κ1) is 17.9. The number of benzene rings is 1. The predicted molar refractivity (Wildman–Crippen MR) is 103 cm³/mol. The van der Waals surface area contributed by atoms with Crippen molar-refractivity contribution in [2.75, 3.05) is 19.3 Å². The molecule has 0 radical (unpaired) electrons. The van der Waals surface area contributed by atoms with Crippen molar-refractivity contribution in [2.24, 2.45) is 0 Å². The zero-order valence-corrected chi connectivity index (χ0v) is 15.9. The zero-order chi connectivity index (χ0) is 19.0. The summed E-state index contributed by atoms with van der Waals surface area (Å²) in [5, 5.41) is 4.48. The van der Waals surface area contributed by atoms with Crippen molar-refractivity contribution in [3.05, 3.63) is 54.4 Å². The van der Waals surface area contributed by atoms with Crippen molar-refractivity contribution in [2.45, 2.75) is 24.2 Å². The number of fused-ring (bicyclic) bond motifs is 1. The van der Waals surface area contributed by atoms with E-state index in [0.717, 1.165) is 49.0 Å². The Morgan fingerprint density at radius 2 is 1.81 bits per heavy atom. The first-order valence-electron chi connectivity index (χ1n) is 9.02.